The number of carbonyl (C=O) groups is 5. The first-order chi connectivity index (χ1) is 12.5. The Morgan fingerprint density at radius 2 is 0.893 bits per heavy atom. The number of aliphatic hydroxyl groups excluding tert-OH is 5. The minimum absolute atomic E-state index is 0.0258. The third-order valence-electron chi connectivity index (χ3n) is 1.42. The molecule has 0 aliphatic rings. The predicted octanol–water partition coefficient (Wildman–Crippen LogP) is -3.02. The minimum Gasteiger partial charge on any atom is -0.481 e. The van der Waals surface area contributed by atoms with Gasteiger partial charge >= 0.3 is 0 Å². The highest BCUT2D eigenvalue weighted by Crippen LogP contribution is 2.02. The molecule has 0 saturated heterocycles. The second kappa shape index (κ2) is 24.4. The van der Waals surface area contributed by atoms with Crippen LogP contribution in [0.4, 0.5) is 0 Å². The summed E-state index contributed by atoms with van der Waals surface area (Å²) in [4.78, 5) is 45.9. The molecule has 0 heterocycles. The highest BCUT2D eigenvalue weighted by Gasteiger charge is 2.29. The van der Waals surface area contributed by atoms with Gasteiger partial charge in [0.1, 0.15) is 24.4 Å². The van der Waals surface area contributed by atoms with Crippen LogP contribution in [0.15, 0.2) is 0 Å². The van der Waals surface area contributed by atoms with Crippen molar-refractivity contribution in [1.29, 1.82) is 0 Å². The second-order valence-corrected chi connectivity index (χ2v) is 4.43. The first kappa shape index (κ1) is 36.3. The van der Waals surface area contributed by atoms with Gasteiger partial charge in [0.15, 0.2) is 6.29 Å². The topological polar surface area (TPSA) is 267 Å². The van der Waals surface area contributed by atoms with Crippen LogP contribution in [-0.2, 0) is 24.0 Å². The van der Waals surface area contributed by atoms with Crippen molar-refractivity contribution in [3.8, 4) is 0 Å². The van der Waals surface area contributed by atoms with Crippen LogP contribution in [0.2, 0.25) is 0 Å². The lowest BCUT2D eigenvalue weighted by atomic mass is 10.0. The van der Waals surface area contributed by atoms with E-state index in [0.29, 0.717) is 0 Å². The van der Waals surface area contributed by atoms with Gasteiger partial charge in [0, 0.05) is 27.7 Å². The third-order valence-corrected chi connectivity index (χ3v) is 1.42. The maximum absolute atomic E-state index is 9.90. The van der Waals surface area contributed by atoms with E-state index >= 15 is 0 Å². The van der Waals surface area contributed by atoms with Crippen LogP contribution in [0.3, 0.4) is 0 Å². The highest BCUT2D eigenvalue weighted by atomic mass is 16.4. The van der Waals surface area contributed by atoms with Crippen molar-refractivity contribution in [3.05, 3.63) is 0 Å². The summed E-state index contributed by atoms with van der Waals surface area (Å²) in [5, 5.41) is 73.2. The first-order valence-corrected chi connectivity index (χ1v) is 7.04. The van der Waals surface area contributed by atoms with E-state index in [4.69, 9.17) is 65.1 Å². The van der Waals surface area contributed by atoms with Crippen LogP contribution in [-0.4, -0.2) is 107 Å². The second-order valence-electron chi connectivity index (χ2n) is 4.43. The molecule has 0 aliphatic heterocycles. The quantitative estimate of drug-likeness (QED) is 0.200. The Morgan fingerprint density at radius 3 is 1.04 bits per heavy atom. The van der Waals surface area contributed by atoms with Gasteiger partial charge in [-0.05, 0) is 0 Å². The maximum atomic E-state index is 9.90. The van der Waals surface area contributed by atoms with Gasteiger partial charge in [-0.15, -0.1) is 0 Å². The molecule has 0 rings (SSSR count). The summed E-state index contributed by atoms with van der Waals surface area (Å²) in [5.74, 6) is -3.33. The molecule has 4 unspecified atom stereocenters. The number of rotatable bonds is 5. The number of hydrogen-bond acceptors (Lipinski definition) is 10. The molecule has 28 heavy (non-hydrogen) atoms. The van der Waals surface area contributed by atoms with E-state index in [-0.39, 0.29) is 6.29 Å². The van der Waals surface area contributed by atoms with Crippen LogP contribution in [0.25, 0.3) is 0 Å². The Morgan fingerprint density at radius 1 is 0.679 bits per heavy atom. The molecule has 168 valence electrons. The summed E-state index contributed by atoms with van der Waals surface area (Å²) in [6, 6.07) is 0. The minimum atomic E-state index is -1.79. The van der Waals surface area contributed by atoms with Gasteiger partial charge in [0.2, 0.25) is 0 Å². The van der Waals surface area contributed by atoms with Crippen molar-refractivity contribution >= 4 is 30.2 Å². The molecule has 0 amide bonds. The zero-order valence-corrected chi connectivity index (χ0v) is 15.7. The van der Waals surface area contributed by atoms with Crippen molar-refractivity contribution in [2.75, 3.05) is 6.61 Å². The van der Waals surface area contributed by atoms with Crippen molar-refractivity contribution in [2.24, 2.45) is 0 Å². The first-order valence-electron chi connectivity index (χ1n) is 7.04. The van der Waals surface area contributed by atoms with Gasteiger partial charge in [-0.3, -0.25) is 19.2 Å². The average molecular weight is 420 g/mol. The van der Waals surface area contributed by atoms with Crippen LogP contribution < -0.4 is 0 Å². The van der Waals surface area contributed by atoms with Gasteiger partial charge in [-0.2, -0.15) is 0 Å². The van der Waals surface area contributed by atoms with Crippen molar-refractivity contribution in [2.45, 2.75) is 52.1 Å². The van der Waals surface area contributed by atoms with E-state index in [2.05, 4.69) is 0 Å². The van der Waals surface area contributed by atoms with Crippen molar-refractivity contribution < 1.29 is 69.9 Å². The fourth-order valence-corrected chi connectivity index (χ4v) is 0.618. The van der Waals surface area contributed by atoms with Gasteiger partial charge in [0.25, 0.3) is 23.9 Å². The Bertz CT molecular complexity index is 372. The molecule has 0 aromatic carbocycles. The molecule has 0 saturated carbocycles. The molecule has 0 aromatic heterocycles. The Hall–Kier alpha value is -2.65. The SMILES string of the molecule is CC(=O)O.CC(=O)O.CC(=O)O.CC(=O)O.O=CC(O)C(O)C(O)C(O)CO. The van der Waals surface area contributed by atoms with Crippen LogP contribution in [0.5, 0.6) is 0 Å². The zero-order valence-electron chi connectivity index (χ0n) is 15.7. The molecule has 0 aliphatic carbocycles. The molecule has 0 bridgehead atoms. The summed E-state index contributed by atoms with van der Waals surface area (Å²) in [6.07, 6.45) is -6.84. The van der Waals surface area contributed by atoms with E-state index in [0.717, 1.165) is 27.7 Å². The molecule has 0 fully saturated rings. The monoisotopic (exact) mass is 420 g/mol. The summed E-state index contributed by atoms with van der Waals surface area (Å²) < 4.78 is 0. The Balaban J connectivity index is -0.0000000910. The molecule has 14 heteroatoms. The summed E-state index contributed by atoms with van der Waals surface area (Å²) in [7, 11) is 0. The lowest BCUT2D eigenvalue weighted by Crippen LogP contribution is -2.46. The largest absolute Gasteiger partial charge is 0.481 e. The summed E-state index contributed by atoms with van der Waals surface area (Å²) in [5.41, 5.74) is 0. The summed E-state index contributed by atoms with van der Waals surface area (Å²) in [6.45, 7) is 3.57. The Labute approximate surface area is 159 Å². The molecule has 0 radical (unpaired) electrons. The molecule has 9 N–H and O–H groups in total. The molecule has 14 nitrogen and oxygen atoms in total. The van der Waals surface area contributed by atoms with E-state index in [1.807, 2.05) is 0 Å². The number of hydrogen-bond donors (Lipinski definition) is 9. The normalized spacial score (nSPS) is 12.6. The molecular weight excluding hydrogens is 392 g/mol. The van der Waals surface area contributed by atoms with Crippen LogP contribution in [0, 0.1) is 0 Å². The van der Waals surface area contributed by atoms with Crippen molar-refractivity contribution in [1.82, 2.24) is 0 Å². The number of carbonyl (C=O) groups excluding carboxylic acids is 1. The van der Waals surface area contributed by atoms with Crippen LogP contribution in [0.1, 0.15) is 27.7 Å². The van der Waals surface area contributed by atoms with E-state index in [1.165, 1.54) is 0 Å². The fourth-order valence-electron chi connectivity index (χ4n) is 0.618. The standard InChI is InChI=1S/C6H12O6.4C2H4O2/c7-1-3(9)5(11)6(12)4(10)2-8;4*1-2(3)4/h1,3-6,8-12H,2H2;4*1H3,(H,3,4). The van der Waals surface area contributed by atoms with Gasteiger partial charge in [-0.25, -0.2) is 0 Å². The lowest BCUT2D eigenvalue weighted by molar-refractivity contribution is -0.136. The third kappa shape index (κ3) is 65.4. The summed E-state index contributed by atoms with van der Waals surface area (Å²) >= 11 is 0. The van der Waals surface area contributed by atoms with Gasteiger partial charge < -0.3 is 50.8 Å². The number of carboxylic acids is 4. The number of aliphatic hydroxyl groups is 5. The van der Waals surface area contributed by atoms with E-state index in [1.54, 1.807) is 0 Å². The van der Waals surface area contributed by atoms with Gasteiger partial charge in [0.05, 0.1) is 6.61 Å². The van der Waals surface area contributed by atoms with Crippen LogP contribution >= 0.6 is 0 Å². The average Bonchev–Trinajstić information content (AvgIpc) is 2.49. The van der Waals surface area contributed by atoms with Gasteiger partial charge in [-0.1, -0.05) is 0 Å². The zero-order chi connectivity index (χ0) is 24.0. The Kier molecular flexibility index (Phi) is 31.6. The van der Waals surface area contributed by atoms with Crippen molar-refractivity contribution in [3.63, 3.8) is 0 Å². The highest BCUT2D eigenvalue weighted by molar-refractivity contribution is 5.63. The lowest BCUT2D eigenvalue weighted by Gasteiger charge is -2.22. The number of carboxylic acid groups (broad SMARTS) is 4. The van der Waals surface area contributed by atoms with E-state index < -0.39 is 54.9 Å². The molecular formula is C14H28O14. The number of aldehydes is 1. The van der Waals surface area contributed by atoms with E-state index in [9.17, 15) is 4.79 Å². The molecule has 0 spiro atoms. The molecule has 0 aromatic rings. The smallest absolute Gasteiger partial charge is 0.300 e. The molecule has 4 atom stereocenters. The fraction of sp³-hybridized carbons (Fsp3) is 0.643. The predicted molar refractivity (Wildman–Crippen MR) is 90.4 cm³/mol. The number of aliphatic carboxylic acids is 4. The maximum Gasteiger partial charge on any atom is 0.300 e.